The first-order valence-corrected chi connectivity index (χ1v) is 4.93. The molecule has 0 saturated carbocycles. The molecule has 2 aromatic rings. The SMILES string of the molecule is CC(=O)OSc1c[nH]c2ccccc12. The van der Waals surface area contributed by atoms with Crippen LogP contribution in [0.1, 0.15) is 6.92 Å². The number of aromatic amines is 1. The Morgan fingerprint density at radius 2 is 2.21 bits per heavy atom. The lowest BCUT2D eigenvalue weighted by Crippen LogP contribution is -1.88. The van der Waals surface area contributed by atoms with Gasteiger partial charge in [-0.1, -0.05) is 18.2 Å². The van der Waals surface area contributed by atoms with Gasteiger partial charge < -0.3 is 9.17 Å². The van der Waals surface area contributed by atoms with Crippen molar-refractivity contribution >= 4 is 28.9 Å². The fourth-order valence-corrected chi connectivity index (χ4v) is 1.80. The molecule has 0 amide bonds. The number of para-hydroxylation sites is 1. The number of hydrogen-bond donors (Lipinski definition) is 1. The van der Waals surface area contributed by atoms with E-state index in [2.05, 4.69) is 4.98 Å². The van der Waals surface area contributed by atoms with Gasteiger partial charge in [0.15, 0.2) is 0 Å². The lowest BCUT2D eigenvalue weighted by atomic mass is 10.2. The quantitative estimate of drug-likeness (QED) is 0.770. The number of H-pyrrole nitrogens is 1. The maximum Gasteiger partial charge on any atom is 0.315 e. The lowest BCUT2D eigenvalue weighted by molar-refractivity contribution is -0.130. The van der Waals surface area contributed by atoms with Gasteiger partial charge in [-0.3, -0.25) is 4.79 Å². The highest BCUT2D eigenvalue weighted by molar-refractivity contribution is 7.95. The summed E-state index contributed by atoms with van der Waals surface area (Å²) in [5, 5.41) is 1.07. The molecule has 0 saturated heterocycles. The van der Waals surface area contributed by atoms with Gasteiger partial charge in [0.05, 0.1) is 16.9 Å². The average molecular weight is 207 g/mol. The van der Waals surface area contributed by atoms with Crippen LogP contribution in [0.2, 0.25) is 0 Å². The third-order valence-electron chi connectivity index (χ3n) is 1.80. The van der Waals surface area contributed by atoms with Crippen molar-refractivity contribution in [2.75, 3.05) is 0 Å². The minimum absolute atomic E-state index is 0.291. The van der Waals surface area contributed by atoms with Crippen LogP contribution in [0.4, 0.5) is 0 Å². The third kappa shape index (κ3) is 1.75. The van der Waals surface area contributed by atoms with Crippen LogP contribution in [0.3, 0.4) is 0 Å². The third-order valence-corrected chi connectivity index (χ3v) is 2.64. The Labute approximate surface area is 85.7 Å². The van der Waals surface area contributed by atoms with E-state index in [-0.39, 0.29) is 5.97 Å². The number of benzene rings is 1. The number of nitrogens with one attached hydrogen (secondary N) is 1. The summed E-state index contributed by atoms with van der Waals surface area (Å²) in [5.41, 5.74) is 1.04. The summed E-state index contributed by atoms with van der Waals surface area (Å²) < 4.78 is 4.85. The average Bonchev–Trinajstić information content (AvgIpc) is 2.58. The maximum absolute atomic E-state index is 10.6. The predicted octanol–water partition coefficient (Wildman–Crippen LogP) is 2.74. The summed E-state index contributed by atoms with van der Waals surface area (Å²) >= 11 is 1.08. The number of carbonyl (C=O) groups excluding carboxylic acids is 1. The van der Waals surface area contributed by atoms with Crippen molar-refractivity contribution in [3.05, 3.63) is 30.5 Å². The molecule has 1 N–H and O–H groups in total. The van der Waals surface area contributed by atoms with Gasteiger partial charge in [0.25, 0.3) is 0 Å². The zero-order valence-corrected chi connectivity index (χ0v) is 8.43. The Balaban J connectivity index is 2.29. The van der Waals surface area contributed by atoms with Gasteiger partial charge in [-0.15, -0.1) is 0 Å². The number of hydrogen-bond acceptors (Lipinski definition) is 3. The summed E-state index contributed by atoms with van der Waals surface area (Å²) in [7, 11) is 0. The van der Waals surface area contributed by atoms with E-state index < -0.39 is 0 Å². The predicted molar refractivity (Wildman–Crippen MR) is 55.9 cm³/mol. The Morgan fingerprint density at radius 3 is 3.00 bits per heavy atom. The second-order valence-corrected chi connectivity index (χ2v) is 3.63. The van der Waals surface area contributed by atoms with Crippen LogP contribution < -0.4 is 0 Å². The van der Waals surface area contributed by atoms with E-state index in [4.69, 9.17) is 4.18 Å². The van der Waals surface area contributed by atoms with Gasteiger partial charge >= 0.3 is 5.97 Å². The minimum atomic E-state index is -0.291. The molecule has 0 aliphatic carbocycles. The molecular formula is C10H9NO2S. The van der Waals surface area contributed by atoms with Crippen molar-refractivity contribution in [1.29, 1.82) is 0 Å². The summed E-state index contributed by atoms with van der Waals surface area (Å²) in [4.78, 5) is 14.6. The van der Waals surface area contributed by atoms with Crippen LogP contribution in [0.15, 0.2) is 35.4 Å². The van der Waals surface area contributed by atoms with E-state index in [9.17, 15) is 4.79 Å². The molecular weight excluding hydrogens is 198 g/mol. The highest BCUT2D eigenvalue weighted by Crippen LogP contribution is 2.28. The summed E-state index contributed by atoms with van der Waals surface area (Å²) in [6.07, 6.45) is 1.83. The zero-order chi connectivity index (χ0) is 9.97. The van der Waals surface area contributed by atoms with Gasteiger partial charge in [0, 0.05) is 24.0 Å². The van der Waals surface area contributed by atoms with Gasteiger partial charge in [0.2, 0.25) is 0 Å². The van der Waals surface area contributed by atoms with Crippen LogP contribution in [-0.4, -0.2) is 11.0 Å². The van der Waals surface area contributed by atoms with Crippen molar-refractivity contribution in [3.8, 4) is 0 Å². The standard InChI is InChI=1S/C10H9NO2S/c1-7(12)13-14-10-6-11-9-5-3-2-4-8(9)10/h2-6,11H,1H3. The van der Waals surface area contributed by atoms with Gasteiger partial charge in [-0.05, 0) is 6.07 Å². The second kappa shape index (κ2) is 3.75. The normalized spacial score (nSPS) is 10.4. The topological polar surface area (TPSA) is 42.1 Å². The molecule has 14 heavy (non-hydrogen) atoms. The summed E-state index contributed by atoms with van der Waals surface area (Å²) in [6, 6.07) is 7.87. The second-order valence-electron chi connectivity index (χ2n) is 2.86. The number of rotatable bonds is 2. The molecule has 0 unspecified atom stereocenters. The molecule has 2 rings (SSSR count). The van der Waals surface area contributed by atoms with Crippen LogP contribution in [0.25, 0.3) is 10.9 Å². The Kier molecular flexibility index (Phi) is 2.45. The molecule has 1 aromatic carbocycles. The largest absolute Gasteiger partial charge is 0.386 e. The maximum atomic E-state index is 10.6. The summed E-state index contributed by atoms with van der Waals surface area (Å²) in [5.74, 6) is -0.291. The van der Waals surface area contributed by atoms with Crippen molar-refractivity contribution < 1.29 is 8.98 Å². The van der Waals surface area contributed by atoms with Gasteiger partial charge in [-0.2, -0.15) is 0 Å². The first-order valence-electron chi connectivity index (χ1n) is 4.18. The smallest absolute Gasteiger partial charge is 0.315 e. The molecule has 1 heterocycles. The van der Waals surface area contributed by atoms with E-state index in [0.29, 0.717) is 0 Å². The van der Waals surface area contributed by atoms with Crippen LogP contribution in [0.5, 0.6) is 0 Å². The van der Waals surface area contributed by atoms with Crippen molar-refractivity contribution in [1.82, 2.24) is 4.98 Å². The number of fused-ring (bicyclic) bond motifs is 1. The van der Waals surface area contributed by atoms with Crippen molar-refractivity contribution in [3.63, 3.8) is 0 Å². The molecule has 0 aliphatic heterocycles. The fourth-order valence-electron chi connectivity index (χ4n) is 1.22. The zero-order valence-electron chi connectivity index (χ0n) is 7.61. The molecule has 0 spiro atoms. The Hall–Kier alpha value is -1.42. The highest BCUT2D eigenvalue weighted by Gasteiger charge is 2.05. The Morgan fingerprint density at radius 1 is 1.43 bits per heavy atom. The van der Waals surface area contributed by atoms with Crippen molar-refractivity contribution in [2.24, 2.45) is 0 Å². The molecule has 0 fully saturated rings. The minimum Gasteiger partial charge on any atom is -0.386 e. The lowest BCUT2D eigenvalue weighted by Gasteiger charge is -1.96. The van der Waals surface area contributed by atoms with E-state index in [0.717, 1.165) is 27.8 Å². The molecule has 3 nitrogen and oxygen atoms in total. The van der Waals surface area contributed by atoms with Crippen LogP contribution in [0, 0.1) is 0 Å². The van der Waals surface area contributed by atoms with E-state index in [1.807, 2.05) is 30.5 Å². The van der Waals surface area contributed by atoms with E-state index in [1.54, 1.807) is 0 Å². The summed E-state index contributed by atoms with van der Waals surface area (Å²) in [6.45, 7) is 1.39. The number of carbonyl (C=O) groups is 1. The Bertz CT molecular complexity index is 464. The molecule has 1 aromatic heterocycles. The van der Waals surface area contributed by atoms with Gasteiger partial charge in [-0.25, -0.2) is 0 Å². The van der Waals surface area contributed by atoms with Gasteiger partial charge in [0.1, 0.15) is 0 Å². The molecule has 0 radical (unpaired) electrons. The molecule has 0 bridgehead atoms. The molecule has 4 heteroatoms. The van der Waals surface area contributed by atoms with Crippen LogP contribution >= 0.6 is 12.0 Å². The first kappa shape index (κ1) is 9.15. The molecule has 72 valence electrons. The monoisotopic (exact) mass is 207 g/mol. The van der Waals surface area contributed by atoms with Crippen molar-refractivity contribution in [2.45, 2.75) is 11.8 Å². The molecule has 0 atom stereocenters. The fraction of sp³-hybridized carbons (Fsp3) is 0.100. The van der Waals surface area contributed by atoms with Crippen LogP contribution in [-0.2, 0) is 8.98 Å². The number of aromatic nitrogens is 1. The van der Waals surface area contributed by atoms with E-state index in [1.165, 1.54) is 6.92 Å². The highest BCUT2D eigenvalue weighted by atomic mass is 32.2. The first-order chi connectivity index (χ1) is 6.77. The van der Waals surface area contributed by atoms with E-state index >= 15 is 0 Å². The molecule has 0 aliphatic rings.